The number of aryl methyl sites for hydroxylation is 1. The molecule has 1 aromatic rings. The van der Waals surface area contributed by atoms with Gasteiger partial charge in [0.25, 0.3) is 0 Å². The predicted molar refractivity (Wildman–Crippen MR) is 91.7 cm³/mol. The van der Waals surface area contributed by atoms with Gasteiger partial charge in [0, 0.05) is 18.6 Å². The second-order valence-electron chi connectivity index (χ2n) is 6.55. The molecule has 0 saturated heterocycles. The van der Waals surface area contributed by atoms with Crippen molar-refractivity contribution in [1.82, 2.24) is 0 Å². The Morgan fingerprint density at radius 2 is 2.14 bits per heavy atom. The molecule has 2 N–H and O–H groups in total. The van der Waals surface area contributed by atoms with Crippen molar-refractivity contribution < 1.29 is 4.74 Å². The molecule has 1 heterocycles. The van der Waals surface area contributed by atoms with Crippen LogP contribution in [0.25, 0.3) is 0 Å². The van der Waals surface area contributed by atoms with E-state index in [1.165, 1.54) is 16.7 Å². The van der Waals surface area contributed by atoms with Crippen LogP contribution in [0.3, 0.4) is 0 Å². The highest BCUT2D eigenvalue weighted by atomic mass is 79.9. The van der Waals surface area contributed by atoms with Crippen LogP contribution in [0.1, 0.15) is 41.9 Å². The summed E-state index contributed by atoms with van der Waals surface area (Å²) in [6.07, 6.45) is 3.51. The Balaban J connectivity index is 1.92. The number of rotatable bonds is 1. The average Bonchev–Trinajstić information content (AvgIpc) is 2.96. The minimum atomic E-state index is -0.549. The van der Waals surface area contributed by atoms with Gasteiger partial charge in [-0.3, -0.25) is 0 Å². The first kappa shape index (κ1) is 14.4. The van der Waals surface area contributed by atoms with Gasteiger partial charge in [-0.05, 0) is 59.2 Å². The average molecular weight is 362 g/mol. The first-order chi connectivity index (χ1) is 10.6. The van der Waals surface area contributed by atoms with Crippen molar-refractivity contribution >= 4 is 26.4 Å². The summed E-state index contributed by atoms with van der Waals surface area (Å²) in [4.78, 5) is 9.71. The summed E-state index contributed by atoms with van der Waals surface area (Å²) < 4.78 is 6.33. The largest absolute Gasteiger partial charge is 0.382 e. The molecule has 0 aromatic heterocycles. The van der Waals surface area contributed by atoms with Crippen LogP contribution < -0.4 is 5.73 Å². The third-order valence-electron chi connectivity index (χ3n) is 5.51. The molecule has 1 fully saturated rings. The maximum Gasteiger partial charge on any atom is 0.183 e. The topological polar surface area (TPSA) is 60.0 Å². The number of nitrogens with two attached hydrogens (primary N) is 1. The van der Waals surface area contributed by atoms with Gasteiger partial charge < -0.3 is 10.5 Å². The summed E-state index contributed by atoms with van der Waals surface area (Å²) in [7, 11) is 1.80. The number of aliphatic imine (C=N–C) groups is 2. The zero-order chi connectivity index (χ0) is 15.5. The standard InChI is InChI=1S/C17H20BrN3O/c1-9-4-3-5-12-14(9)11-7-6-10(22-2)8-13(11)17(12)20-15(18)16(19)21-17/h3-5,10-11,13H,6-8H2,1-2H3,(H2,19,21). The van der Waals surface area contributed by atoms with E-state index in [-0.39, 0.29) is 0 Å². The molecule has 1 aromatic carbocycles. The molecule has 5 heteroatoms. The smallest absolute Gasteiger partial charge is 0.183 e. The minimum Gasteiger partial charge on any atom is -0.382 e. The van der Waals surface area contributed by atoms with Crippen molar-refractivity contribution in [3.63, 3.8) is 0 Å². The van der Waals surface area contributed by atoms with E-state index in [9.17, 15) is 0 Å². The van der Waals surface area contributed by atoms with Crippen LogP contribution in [0.15, 0.2) is 28.2 Å². The molecule has 0 amide bonds. The summed E-state index contributed by atoms with van der Waals surface area (Å²) >= 11 is 3.47. The Labute approximate surface area is 139 Å². The third-order valence-corrected chi connectivity index (χ3v) is 6.10. The fourth-order valence-electron chi connectivity index (χ4n) is 4.58. The lowest BCUT2D eigenvalue weighted by Crippen LogP contribution is -2.35. The summed E-state index contributed by atoms with van der Waals surface area (Å²) in [5, 5.41) is 0. The van der Waals surface area contributed by atoms with Crippen LogP contribution in [-0.2, 0) is 10.4 Å². The highest BCUT2D eigenvalue weighted by molar-refractivity contribution is 9.19. The summed E-state index contributed by atoms with van der Waals surface area (Å²) in [6.45, 7) is 2.19. The van der Waals surface area contributed by atoms with Gasteiger partial charge in [0.1, 0.15) is 4.62 Å². The van der Waals surface area contributed by atoms with Gasteiger partial charge in [-0.25, -0.2) is 9.98 Å². The fraction of sp³-hybridized carbons (Fsp3) is 0.529. The minimum absolute atomic E-state index is 0.291. The quantitative estimate of drug-likeness (QED) is 0.834. The molecule has 0 radical (unpaired) electrons. The lowest BCUT2D eigenvalue weighted by Gasteiger charge is -2.36. The second kappa shape index (κ2) is 4.90. The molecule has 1 spiro atoms. The Hall–Kier alpha value is -1.20. The van der Waals surface area contributed by atoms with Gasteiger partial charge in [-0.15, -0.1) is 0 Å². The van der Waals surface area contributed by atoms with E-state index in [0.29, 0.717) is 28.4 Å². The van der Waals surface area contributed by atoms with Crippen molar-refractivity contribution in [2.45, 2.75) is 43.9 Å². The first-order valence-electron chi connectivity index (χ1n) is 7.80. The van der Waals surface area contributed by atoms with E-state index in [1.807, 2.05) is 0 Å². The number of halogens is 1. The van der Waals surface area contributed by atoms with Crippen LogP contribution in [0.2, 0.25) is 0 Å². The molecule has 2 aliphatic carbocycles. The molecule has 1 saturated carbocycles. The van der Waals surface area contributed by atoms with E-state index in [4.69, 9.17) is 20.5 Å². The molecular weight excluding hydrogens is 342 g/mol. The molecule has 3 aliphatic rings. The Kier molecular flexibility index (Phi) is 3.20. The molecule has 4 rings (SSSR count). The first-order valence-corrected chi connectivity index (χ1v) is 8.60. The van der Waals surface area contributed by atoms with Gasteiger partial charge in [0.2, 0.25) is 0 Å². The Morgan fingerprint density at radius 1 is 1.32 bits per heavy atom. The summed E-state index contributed by atoms with van der Waals surface area (Å²) in [5.74, 6) is 1.34. The number of fused-ring (bicyclic) bond motifs is 5. The zero-order valence-electron chi connectivity index (χ0n) is 12.8. The molecular formula is C17H20BrN3O. The Bertz CT molecular complexity index is 679. The van der Waals surface area contributed by atoms with Crippen LogP contribution in [-0.4, -0.2) is 23.7 Å². The predicted octanol–water partition coefficient (Wildman–Crippen LogP) is 3.22. The number of ether oxygens (including phenoxy) is 1. The van der Waals surface area contributed by atoms with Crippen LogP contribution >= 0.6 is 15.9 Å². The molecule has 22 heavy (non-hydrogen) atoms. The van der Waals surface area contributed by atoms with E-state index < -0.39 is 5.66 Å². The number of amidine groups is 1. The third kappa shape index (κ3) is 1.78. The number of nitrogens with zero attached hydrogens (tertiary/aromatic N) is 2. The zero-order valence-corrected chi connectivity index (χ0v) is 14.4. The summed E-state index contributed by atoms with van der Waals surface area (Å²) in [5.41, 5.74) is 9.52. The van der Waals surface area contributed by atoms with Crippen molar-refractivity contribution in [3.8, 4) is 0 Å². The van der Waals surface area contributed by atoms with E-state index >= 15 is 0 Å². The van der Waals surface area contributed by atoms with Crippen LogP contribution in [0.4, 0.5) is 0 Å². The fourth-order valence-corrected chi connectivity index (χ4v) is 4.94. The van der Waals surface area contributed by atoms with Crippen molar-refractivity contribution in [2.24, 2.45) is 21.6 Å². The maximum absolute atomic E-state index is 6.06. The molecule has 4 nitrogen and oxygen atoms in total. The molecule has 4 atom stereocenters. The molecule has 4 unspecified atom stereocenters. The van der Waals surface area contributed by atoms with Crippen molar-refractivity contribution in [3.05, 3.63) is 34.9 Å². The lowest BCUT2D eigenvalue weighted by atomic mass is 9.74. The Morgan fingerprint density at radius 3 is 2.82 bits per heavy atom. The van der Waals surface area contributed by atoms with Crippen LogP contribution in [0, 0.1) is 12.8 Å². The van der Waals surface area contributed by atoms with Crippen LogP contribution in [0.5, 0.6) is 0 Å². The van der Waals surface area contributed by atoms with Crippen molar-refractivity contribution in [1.29, 1.82) is 0 Å². The number of methoxy groups -OCH3 is 1. The second-order valence-corrected chi connectivity index (χ2v) is 7.30. The van der Waals surface area contributed by atoms with E-state index in [1.54, 1.807) is 7.11 Å². The van der Waals surface area contributed by atoms with Gasteiger partial charge >= 0.3 is 0 Å². The maximum atomic E-state index is 6.06. The SMILES string of the molecule is COC1CCC2c3c(C)cccc3C3(N=C(N)C(Br)=N3)C2C1. The highest BCUT2D eigenvalue weighted by Crippen LogP contribution is 2.60. The molecule has 1 aliphatic heterocycles. The number of hydrogen-bond donors (Lipinski definition) is 1. The van der Waals surface area contributed by atoms with E-state index in [2.05, 4.69) is 41.1 Å². The van der Waals surface area contributed by atoms with Gasteiger partial charge in [0.05, 0.1) is 6.10 Å². The van der Waals surface area contributed by atoms with Crippen molar-refractivity contribution in [2.75, 3.05) is 7.11 Å². The normalized spacial score (nSPS) is 36.0. The van der Waals surface area contributed by atoms with Gasteiger partial charge in [-0.1, -0.05) is 18.2 Å². The monoisotopic (exact) mass is 361 g/mol. The lowest BCUT2D eigenvalue weighted by molar-refractivity contribution is 0.0293. The molecule has 0 bridgehead atoms. The summed E-state index contributed by atoms with van der Waals surface area (Å²) in [6, 6.07) is 6.47. The molecule has 116 valence electrons. The van der Waals surface area contributed by atoms with E-state index in [0.717, 1.165) is 19.3 Å². The number of benzene rings is 1. The highest BCUT2D eigenvalue weighted by Gasteiger charge is 2.56. The van der Waals surface area contributed by atoms with Gasteiger partial charge in [-0.2, -0.15) is 0 Å². The van der Waals surface area contributed by atoms with Gasteiger partial charge in [0.15, 0.2) is 11.5 Å². The number of hydrogen-bond acceptors (Lipinski definition) is 4.